The fourth-order valence-corrected chi connectivity index (χ4v) is 2.58. The fraction of sp³-hybridized carbons (Fsp3) is 0.133. The Morgan fingerprint density at radius 2 is 2.00 bits per heavy atom. The third-order valence-corrected chi connectivity index (χ3v) is 3.96. The van der Waals surface area contributed by atoms with Crippen LogP contribution in [0.15, 0.2) is 40.9 Å². The van der Waals surface area contributed by atoms with Crippen molar-refractivity contribution in [1.82, 2.24) is 0 Å². The molecule has 0 fully saturated rings. The summed E-state index contributed by atoms with van der Waals surface area (Å²) in [5.41, 5.74) is 1.94. The monoisotopic (exact) mass is 387 g/mol. The summed E-state index contributed by atoms with van der Waals surface area (Å²) >= 11 is 15.5. The lowest BCUT2D eigenvalue weighted by molar-refractivity contribution is 0.0602. The van der Waals surface area contributed by atoms with Crippen LogP contribution in [-0.2, 0) is 11.3 Å². The molecule has 0 heterocycles. The number of benzene rings is 2. The molecular weight excluding hydrogens is 377 g/mol. The van der Waals surface area contributed by atoms with E-state index in [1.54, 1.807) is 18.2 Å². The average Bonchev–Trinajstić information content (AvgIpc) is 2.48. The second kappa shape index (κ2) is 7.16. The van der Waals surface area contributed by atoms with Gasteiger partial charge in [-0.3, -0.25) is 0 Å². The Morgan fingerprint density at radius 1 is 1.24 bits per heavy atom. The summed E-state index contributed by atoms with van der Waals surface area (Å²) in [6, 6.07) is 10.6. The number of ether oxygens (including phenoxy) is 1. The molecule has 2 aromatic carbocycles. The first-order valence-corrected chi connectivity index (χ1v) is 7.62. The minimum atomic E-state index is -0.444. The molecule has 6 heteroatoms. The van der Waals surface area contributed by atoms with E-state index in [-0.39, 0.29) is 0 Å². The van der Waals surface area contributed by atoms with Crippen molar-refractivity contribution in [3.8, 4) is 0 Å². The molecule has 0 unspecified atom stereocenters. The van der Waals surface area contributed by atoms with E-state index in [1.807, 2.05) is 18.2 Å². The zero-order valence-corrected chi connectivity index (χ0v) is 14.2. The number of methoxy groups -OCH3 is 1. The van der Waals surface area contributed by atoms with Crippen LogP contribution in [0, 0.1) is 0 Å². The van der Waals surface area contributed by atoms with Crippen molar-refractivity contribution in [2.75, 3.05) is 12.4 Å². The van der Waals surface area contributed by atoms with E-state index in [1.165, 1.54) is 7.11 Å². The lowest BCUT2D eigenvalue weighted by Crippen LogP contribution is -2.08. The Kier molecular flexibility index (Phi) is 5.51. The number of rotatable bonds is 4. The Hall–Kier alpha value is -1.23. The van der Waals surface area contributed by atoms with E-state index in [0.717, 1.165) is 10.0 Å². The van der Waals surface area contributed by atoms with Gasteiger partial charge >= 0.3 is 5.97 Å². The molecule has 0 bridgehead atoms. The van der Waals surface area contributed by atoms with Gasteiger partial charge < -0.3 is 10.1 Å². The number of nitrogens with one attached hydrogen (secondary N) is 1. The molecule has 2 rings (SSSR count). The molecule has 2 aromatic rings. The maximum Gasteiger partial charge on any atom is 0.340 e. The first kappa shape index (κ1) is 16.1. The Balaban J connectivity index is 2.24. The largest absolute Gasteiger partial charge is 0.465 e. The predicted octanol–water partition coefficient (Wildman–Crippen LogP) is 5.15. The molecule has 3 nitrogen and oxygen atoms in total. The SMILES string of the molecule is COC(=O)c1cc(Cl)ccc1NCc1cc(Br)ccc1Cl. The molecule has 0 amide bonds. The number of hydrogen-bond acceptors (Lipinski definition) is 3. The highest BCUT2D eigenvalue weighted by Crippen LogP contribution is 2.25. The first-order valence-electron chi connectivity index (χ1n) is 6.07. The van der Waals surface area contributed by atoms with Gasteiger partial charge in [0.15, 0.2) is 0 Å². The maximum atomic E-state index is 11.8. The number of hydrogen-bond donors (Lipinski definition) is 1. The van der Waals surface area contributed by atoms with Gasteiger partial charge in [0.25, 0.3) is 0 Å². The van der Waals surface area contributed by atoms with Gasteiger partial charge in [-0.15, -0.1) is 0 Å². The summed E-state index contributed by atoms with van der Waals surface area (Å²) in [6.45, 7) is 0.476. The normalized spacial score (nSPS) is 10.3. The van der Waals surface area contributed by atoms with Crippen LogP contribution in [0.3, 0.4) is 0 Å². The Labute approximate surface area is 141 Å². The molecule has 0 aliphatic carbocycles. The van der Waals surface area contributed by atoms with Gasteiger partial charge in [-0.05, 0) is 42.0 Å². The highest BCUT2D eigenvalue weighted by molar-refractivity contribution is 9.10. The van der Waals surface area contributed by atoms with Crippen LogP contribution in [-0.4, -0.2) is 13.1 Å². The summed E-state index contributed by atoms with van der Waals surface area (Å²) in [5.74, 6) is -0.444. The van der Waals surface area contributed by atoms with Gasteiger partial charge in [-0.25, -0.2) is 4.79 Å². The molecule has 21 heavy (non-hydrogen) atoms. The molecule has 0 atom stereocenters. The maximum absolute atomic E-state index is 11.8. The summed E-state index contributed by atoms with van der Waals surface area (Å²) in [4.78, 5) is 11.8. The van der Waals surface area contributed by atoms with Crippen molar-refractivity contribution in [2.45, 2.75) is 6.54 Å². The second-order valence-corrected chi connectivity index (χ2v) is 6.03. The van der Waals surface area contributed by atoms with E-state index >= 15 is 0 Å². The Morgan fingerprint density at radius 3 is 2.71 bits per heavy atom. The summed E-state index contributed by atoms with van der Waals surface area (Å²) < 4.78 is 5.69. The van der Waals surface area contributed by atoms with Crippen molar-refractivity contribution in [2.24, 2.45) is 0 Å². The minimum absolute atomic E-state index is 0.385. The van der Waals surface area contributed by atoms with E-state index in [2.05, 4.69) is 21.2 Å². The number of carbonyl (C=O) groups is 1. The smallest absolute Gasteiger partial charge is 0.340 e. The van der Waals surface area contributed by atoms with Gasteiger partial charge in [-0.1, -0.05) is 39.1 Å². The van der Waals surface area contributed by atoms with Crippen LogP contribution < -0.4 is 5.32 Å². The van der Waals surface area contributed by atoms with Gasteiger partial charge in [0.2, 0.25) is 0 Å². The molecule has 0 aliphatic rings. The lowest BCUT2D eigenvalue weighted by atomic mass is 10.1. The van der Waals surface area contributed by atoms with Gasteiger partial charge in [-0.2, -0.15) is 0 Å². The zero-order chi connectivity index (χ0) is 15.4. The second-order valence-electron chi connectivity index (χ2n) is 4.27. The molecule has 1 N–H and O–H groups in total. The molecule has 0 saturated carbocycles. The van der Waals surface area contributed by atoms with E-state index in [4.69, 9.17) is 27.9 Å². The lowest BCUT2D eigenvalue weighted by Gasteiger charge is -2.12. The molecular formula is C15H12BrCl2NO2. The van der Waals surface area contributed by atoms with Gasteiger partial charge in [0.05, 0.1) is 12.7 Å². The van der Waals surface area contributed by atoms with Crippen LogP contribution >= 0.6 is 39.1 Å². The topological polar surface area (TPSA) is 38.3 Å². The number of halogens is 3. The van der Waals surface area contributed by atoms with E-state index in [0.29, 0.717) is 27.8 Å². The fourth-order valence-electron chi connectivity index (χ4n) is 1.82. The van der Waals surface area contributed by atoms with Crippen molar-refractivity contribution in [3.05, 3.63) is 62.0 Å². The van der Waals surface area contributed by atoms with Crippen LogP contribution in [0.2, 0.25) is 10.0 Å². The summed E-state index contributed by atoms with van der Waals surface area (Å²) in [5, 5.41) is 4.30. The third-order valence-electron chi connectivity index (χ3n) is 2.86. The van der Waals surface area contributed by atoms with Crippen molar-refractivity contribution < 1.29 is 9.53 Å². The summed E-state index contributed by atoms with van der Waals surface area (Å²) in [6.07, 6.45) is 0. The van der Waals surface area contributed by atoms with E-state index < -0.39 is 5.97 Å². The highest BCUT2D eigenvalue weighted by atomic mass is 79.9. The quantitative estimate of drug-likeness (QED) is 0.735. The van der Waals surface area contributed by atoms with Gasteiger partial charge in [0.1, 0.15) is 0 Å². The highest BCUT2D eigenvalue weighted by Gasteiger charge is 2.13. The van der Waals surface area contributed by atoms with Crippen molar-refractivity contribution in [1.29, 1.82) is 0 Å². The van der Waals surface area contributed by atoms with Crippen LogP contribution in [0.5, 0.6) is 0 Å². The number of anilines is 1. The molecule has 0 spiro atoms. The Bertz CT molecular complexity index is 677. The standard InChI is InChI=1S/C15H12BrCl2NO2/c1-21-15(20)12-7-11(17)3-5-14(12)19-8-9-6-10(16)2-4-13(9)18/h2-7,19H,8H2,1H3. The molecule has 0 aliphatic heterocycles. The molecule has 0 saturated heterocycles. The third kappa shape index (κ3) is 4.13. The summed E-state index contributed by atoms with van der Waals surface area (Å²) in [7, 11) is 1.33. The first-order chi connectivity index (χ1) is 10.0. The predicted molar refractivity (Wildman–Crippen MR) is 89.3 cm³/mol. The minimum Gasteiger partial charge on any atom is -0.465 e. The van der Waals surface area contributed by atoms with Crippen LogP contribution in [0.25, 0.3) is 0 Å². The molecule has 110 valence electrons. The number of esters is 1. The van der Waals surface area contributed by atoms with Gasteiger partial charge in [0, 0.05) is 26.8 Å². The van der Waals surface area contributed by atoms with Crippen molar-refractivity contribution in [3.63, 3.8) is 0 Å². The molecule has 0 radical (unpaired) electrons. The van der Waals surface area contributed by atoms with Crippen LogP contribution in [0.1, 0.15) is 15.9 Å². The average molecular weight is 389 g/mol. The zero-order valence-electron chi connectivity index (χ0n) is 11.1. The van der Waals surface area contributed by atoms with E-state index in [9.17, 15) is 4.79 Å². The van der Waals surface area contributed by atoms with Crippen molar-refractivity contribution >= 4 is 50.8 Å². The number of carbonyl (C=O) groups excluding carboxylic acids is 1. The molecule has 0 aromatic heterocycles. The van der Waals surface area contributed by atoms with Crippen LogP contribution in [0.4, 0.5) is 5.69 Å².